The zero-order chi connectivity index (χ0) is 17.9. The van der Waals surface area contributed by atoms with Crippen LogP contribution in [0.25, 0.3) is 0 Å². The van der Waals surface area contributed by atoms with Crippen LogP contribution in [0.15, 0.2) is 28.7 Å². The number of nitrogens with zero attached hydrogens (tertiary/aromatic N) is 4. The van der Waals surface area contributed by atoms with E-state index in [-0.39, 0.29) is 16.2 Å². The number of hydrogen-bond donors (Lipinski definition) is 1. The molecule has 0 aliphatic heterocycles. The van der Waals surface area contributed by atoms with Gasteiger partial charge in [-0.2, -0.15) is 9.94 Å². The molecule has 9 heteroatoms. The Labute approximate surface area is 146 Å². The van der Waals surface area contributed by atoms with E-state index >= 15 is 0 Å². The van der Waals surface area contributed by atoms with Gasteiger partial charge in [-0.15, -0.1) is 0 Å². The molecule has 1 amide bonds. The summed E-state index contributed by atoms with van der Waals surface area (Å²) in [6.45, 7) is 3.25. The smallest absolute Gasteiger partial charge is 0.358 e. The molecule has 1 aromatic heterocycles. The van der Waals surface area contributed by atoms with Crippen LogP contribution in [0.4, 0.5) is 11.5 Å². The molecule has 1 N–H and O–H groups in total. The van der Waals surface area contributed by atoms with Gasteiger partial charge in [-0.25, -0.2) is 0 Å². The van der Waals surface area contributed by atoms with E-state index in [9.17, 15) is 14.9 Å². The summed E-state index contributed by atoms with van der Waals surface area (Å²) in [5.74, 6) is -0.677. The molecule has 0 aliphatic carbocycles. The van der Waals surface area contributed by atoms with E-state index in [1.54, 1.807) is 38.1 Å². The highest BCUT2D eigenvalue weighted by Crippen LogP contribution is 2.29. The van der Waals surface area contributed by atoms with Crippen molar-refractivity contribution in [3.8, 4) is 6.07 Å². The third kappa shape index (κ3) is 3.60. The molecule has 0 bridgehead atoms. The number of anilines is 1. The summed E-state index contributed by atoms with van der Waals surface area (Å²) in [6.07, 6.45) is 0.300. The van der Waals surface area contributed by atoms with Crippen molar-refractivity contribution in [2.24, 2.45) is 0 Å². The molecule has 0 saturated carbocycles. The lowest BCUT2D eigenvalue weighted by molar-refractivity contribution is -0.390. The highest BCUT2D eigenvalue weighted by atomic mass is 79.9. The van der Waals surface area contributed by atoms with Gasteiger partial charge in [0.15, 0.2) is 0 Å². The van der Waals surface area contributed by atoms with Crippen molar-refractivity contribution in [2.75, 3.05) is 5.32 Å². The summed E-state index contributed by atoms with van der Waals surface area (Å²) >= 11 is 3.13. The van der Waals surface area contributed by atoms with E-state index in [0.29, 0.717) is 17.8 Å². The Morgan fingerprint density at radius 2 is 2.12 bits per heavy atom. The van der Waals surface area contributed by atoms with Crippen LogP contribution < -0.4 is 5.32 Å². The number of nitrogens with one attached hydrogen (secondary N) is 1. The minimum atomic E-state index is -0.728. The predicted octanol–water partition coefficient (Wildman–Crippen LogP) is 3.13. The quantitative estimate of drug-likeness (QED) is 0.620. The Balaban J connectivity index is 2.16. The van der Waals surface area contributed by atoms with Crippen LogP contribution in [0.2, 0.25) is 0 Å². The number of hydrogen-bond acceptors (Lipinski definition) is 5. The van der Waals surface area contributed by atoms with Gasteiger partial charge in [0.05, 0.1) is 23.3 Å². The van der Waals surface area contributed by atoms with E-state index in [0.717, 1.165) is 5.56 Å². The lowest BCUT2D eigenvalue weighted by atomic mass is 10.1. The highest BCUT2D eigenvalue weighted by molar-refractivity contribution is 9.10. The summed E-state index contributed by atoms with van der Waals surface area (Å²) < 4.78 is 1.56. The Morgan fingerprint density at radius 1 is 1.50 bits per heavy atom. The van der Waals surface area contributed by atoms with Crippen molar-refractivity contribution >= 4 is 33.3 Å². The number of carbonyl (C=O) groups is 1. The van der Waals surface area contributed by atoms with Gasteiger partial charge in [0.2, 0.25) is 0 Å². The summed E-state index contributed by atoms with van der Waals surface area (Å²) in [5, 5.41) is 26.2. The molecule has 0 saturated heterocycles. The Bertz CT molecular complexity index is 823. The van der Waals surface area contributed by atoms with Crippen LogP contribution in [0.3, 0.4) is 0 Å². The first-order valence-electron chi connectivity index (χ1n) is 7.01. The van der Waals surface area contributed by atoms with Gasteiger partial charge < -0.3 is 15.4 Å². The summed E-state index contributed by atoms with van der Waals surface area (Å²) in [5.41, 5.74) is 1.92. The SMILES string of the molecule is Cc1c(Br)c([N+](=O)[O-])nn1C(C)C(=O)Nc1ccc(CC#N)cc1. The van der Waals surface area contributed by atoms with Crippen molar-refractivity contribution in [2.45, 2.75) is 26.3 Å². The maximum Gasteiger partial charge on any atom is 0.404 e. The molecule has 1 atom stereocenters. The lowest BCUT2D eigenvalue weighted by Crippen LogP contribution is -2.25. The normalized spacial score (nSPS) is 11.6. The molecule has 124 valence electrons. The third-order valence-electron chi connectivity index (χ3n) is 3.48. The molecule has 1 aromatic carbocycles. The average molecular weight is 392 g/mol. The first-order chi connectivity index (χ1) is 11.3. The second-order valence-electron chi connectivity index (χ2n) is 5.12. The van der Waals surface area contributed by atoms with Gasteiger partial charge in [0.25, 0.3) is 5.91 Å². The Hall–Kier alpha value is -2.73. The Morgan fingerprint density at radius 3 is 2.62 bits per heavy atom. The van der Waals surface area contributed by atoms with E-state index in [1.165, 1.54) is 4.68 Å². The molecule has 1 heterocycles. The number of benzene rings is 1. The zero-order valence-electron chi connectivity index (χ0n) is 13.0. The minimum absolute atomic E-state index is 0.257. The van der Waals surface area contributed by atoms with Gasteiger partial charge in [0.1, 0.15) is 10.5 Å². The molecule has 8 nitrogen and oxygen atoms in total. The molecule has 2 aromatic rings. The maximum absolute atomic E-state index is 12.4. The van der Waals surface area contributed by atoms with E-state index < -0.39 is 11.0 Å². The van der Waals surface area contributed by atoms with E-state index in [4.69, 9.17) is 5.26 Å². The molecule has 1 unspecified atom stereocenters. The molecule has 0 radical (unpaired) electrons. The van der Waals surface area contributed by atoms with Crippen LogP contribution in [0.1, 0.15) is 24.2 Å². The standard InChI is InChI=1S/C15H14BrN5O3/c1-9-13(16)14(21(23)24)19-20(9)10(2)15(22)18-12-5-3-11(4-6-12)7-8-17/h3-6,10H,7H2,1-2H3,(H,18,22). The molecule has 0 aliphatic rings. The van der Waals surface area contributed by atoms with Crippen molar-refractivity contribution in [3.05, 3.63) is 50.1 Å². The van der Waals surface area contributed by atoms with Crippen LogP contribution in [0, 0.1) is 28.4 Å². The maximum atomic E-state index is 12.4. The van der Waals surface area contributed by atoms with Crippen molar-refractivity contribution in [1.82, 2.24) is 9.78 Å². The zero-order valence-corrected chi connectivity index (χ0v) is 14.6. The second kappa shape index (κ2) is 7.23. The fourth-order valence-corrected chi connectivity index (χ4v) is 2.54. The fourth-order valence-electron chi connectivity index (χ4n) is 2.13. The molecular formula is C15H14BrN5O3. The summed E-state index contributed by atoms with van der Waals surface area (Å²) in [6, 6.07) is 8.23. The van der Waals surface area contributed by atoms with Crippen LogP contribution in [-0.2, 0) is 11.2 Å². The van der Waals surface area contributed by atoms with Crippen molar-refractivity contribution in [1.29, 1.82) is 5.26 Å². The van der Waals surface area contributed by atoms with E-state index in [2.05, 4.69) is 26.3 Å². The van der Waals surface area contributed by atoms with Gasteiger partial charge in [-0.3, -0.25) is 4.79 Å². The molecule has 0 fully saturated rings. The number of amides is 1. The number of carbonyl (C=O) groups excluding carboxylic acids is 1. The van der Waals surface area contributed by atoms with E-state index in [1.807, 2.05) is 6.07 Å². The fraction of sp³-hybridized carbons (Fsp3) is 0.267. The van der Waals surface area contributed by atoms with Gasteiger partial charge in [0, 0.05) is 5.69 Å². The third-order valence-corrected chi connectivity index (χ3v) is 4.41. The minimum Gasteiger partial charge on any atom is -0.358 e. The number of nitriles is 1. The topological polar surface area (TPSA) is 114 Å². The van der Waals surface area contributed by atoms with Crippen molar-refractivity contribution in [3.63, 3.8) is 0 Å². The summed E-state index contributed by atoms with van der Waals surface area (Å²) in [7, 11) is 0. The molecule has 0 spiro atoms. The van der Waals surface area contributed by atoms with Gasteiger partial charge in [-0.05, 0) is 52.4 Å². The van der Waals surface area contributed by atoms with Crippen LogP contribution in [-0.4, -0.2) is 20.6 Å². The van der Waals surface area contributed by atoms with Gasteiger partial charge in [-0.1, -0.05) is 12.1 Å². The molecular weight excluding hydrogens is 378 g/mol. The molecule has 2 rings (SSSR count). The second-order valence-corrected chi connectivity index (χ2v) is 5.91. The van der Waals surface area contributed by atoms with Gasteiger partial charge >= 0.3 is 5.82 Å². The first-order valence-corrected chi connectivity index (χ1v) is 7.80. The van der Waals surface area contributed by atoms with Crippen molar-refractivity contribution < 1.29 is 9.72 Å². The largest absolute Gasteiger partial charge is 0.404 e. The lowest BCUT2D eigenvalue weighted by Gasteiger charge is -2.11. The number of aromatic nitrogens is 2. The predicted molar refractivity (Wildman–Crippen MR) is 90.4 cm³/mol. The number of halogens is 1. The highest BCUT2D eigenvalue weighted by Gasteiger charge is 2.29. The monoisotopic (exact) mass is 391 g/mol. The first kappa shape index (κ1) is 17.6. The average Bonchev–Trinajstić information content (AvgIpc) is 2.85. The Kier molecular flexibility index (Phi) is 5.31. The number of rotatable bonds is 5. The molecule has 24 heavy (non-hydrogen) atoms. The summed E-state index contributed by atoms with van der Waals surface area (Å²) in [4.78, 5) is 22.7. The van der Waals surface area contributed by atoms with Crippen LogP contribution in [0.5, 0.6) is 0 Å². The number of nitro groups is 1. The van der Waals surface area contributed by atoms with Crippen LogP contribution >= 0.6 is 15.9 Å².